The molecule has 0 aliphatic heterocycles. The number of rotatable bonds is 4. The normalized spacial score (nSPS) is 22.1. The summed E-state index contributed by atoms with van der Waals surface area (Å²) in [6.45, 7) is 1.93. The molecule has 0 saturated heterocycles. The number of esters is 1. The second kappa shape index (κ2) is 6.11. The summed E-state index contributed by atoms with van der Waals surface area (Å²) in [6.07, 6.45) is 5.91. The van der Waals surface area contributed by atoms with E-state index in [4.69, 9.17) is 0 Å². The fourth-order valence-electron chi connectivity index (χ4n) is 2.41. The Bertz CT molecular complexity index is 197. The summed E-state index contributed by atoms with van der Waals surface area (Å²) >= 11 is 0. The van der Waals surface area contributed by atoms with Crippen molar-refractivity contribution in [3.05, 3.63) is 0 Å². The Labute approximate surface area is 91.8 Å². The third-order valence-electron chi connectivity index (χ3n) is 3.43. The van der Waals surface area contributed by atoms with E-state index in [1.54, 1.807) is 0 Å². The van der Waals surface area contributed by atoms with Crippen molar-refractivity contribution < 1.29 is 14.6 Å². The van der Waals surface area contributed by atoms with Gasteiger partial charge < -0.3 is 9.84 Å². The molecule has 1 aliphatic carbocycles. The lowest BCUT2D eigenvalue weighted by Gasteiger charge is -2.30. The van der Waals surface area contributed by atoms with Crippen molar-refractivity contribution in [2.24, 2.45) is 11.8 Å². The zero-order valence-corrected chi connectivity index (χ0v) is 9.74. The maximum absolute atomic E-state index is 11.1. The predicted octanol–water partition coefficient (Wildman–Crippen LogP) is 2.13. The van der Waals surface area contributed by atoms with Gasteiger partial charge in [0.1, 0.15) is 0 Å². The van der Waals surface area contributed by atoms with Crippen LogP contribution in [0.5, 0.6) is 0 Å². The Morgan fingerprint density at radius 2 is 2.00 bits per heavy atom. The first-order valence-electron chi connectivity index (χ1n) is 5.90. The van der Waals surface area contributed by atoms with E-state index in [9.17, 15) is 9.90 Å². The molecule has 1 fully saturated rings. The van der Waals surface area contributed by atoms with Crippen molar-refractivity contribution in [2.75, 3.05) is 7.11 Å². The smallest absolute Gasteiger partial charge is 0.305 e. The second-order valence-electron chi connectivity index (χ2n) is 4.65. The number of aliphatic hydroxyl groups excluding tert-OH is 1. The largest absolute Gasteiger partial charge is 0.469 e. The van der Waals surface area contributed by atoms with Crippen LogP contribution < -0.4 is 0 Å². The molecular weight excluding hydrogens is 192 g/mol. The van der Waals surface area contributed by atoms with Crippen LogP contribution in [0.2, 0.25) is 0 Å². The molecule has 15 heavy (non-hydrogen) atoms. The maximum atomic E-state index is 11.1. The number of hydrogen-bond acceptors (Lipinski definition) is 3. The van der Waals surface area contributed by atoms with Gasteiger partial charge in [0.25, 0.3) is 0 Å². The molecule has 0 heterocycles. The molecule has 0 amide bonds. The monoisotopic (exact) mass is 214 g/mol. The molecule has 2 unspecified atom stereocenters. The molecule has 3 heteroatoms. The first-order valence-corrected chi connectivity index (χ1v) is 5.90. The Morgan fingerprint density at radius 3 is 2.53 bits per heavy atom. The van der Waals surface area contributed by atoms with Crippen LogP contribution in [0.3, 0.4) is 0 Å². The van der Waals surface area contributed by atoms with Crippen LogP contribution in [0.4, 0.5) is 0 Å². The van der Waals surface area contributed by atoms with Crippen molar-refractivity contribution in [2.45, 2.75) is 51.6 Å². The minimum absolute atomic E-state index is 0.0144. The molecule has 0 aromatic rings. The van der Waals surface area contributed by atoms with E-state index in [2.05, 4.69) is 4.74 Å². The Kier molecular flexibility index (Phi) is 5.09. The maximum Gasteiger partial charge on any atom is 0.305 e. The lowest BCUT2D eigenvalue weighted by atomic mass is 9.80. The highest BCUT2D eigenvalue weighted by atomic mass is 16.5. The fraction of sp³-hybridized carbons (Fsp3) is 0.917. The van der Waals surface area contributed by atoms with E-state index in [1.165, 1.54) is 26.4 Å². The van der Waals surface area contributed by atoms with Gasteiger partial charge in [-0.2, -0.15) is 0 Å². The van der Waals surface area contributed by atoms with Gasteiger partial charge in [0.05, 0.1) is 19.6 Å². The highest BCUT2D eigenvalue weighted by molar-refractivity contribution is 5.69. The molecule has 0 bridgehead atoms. The van der Waals surface area contributed by atoms with Gasteiger partial charge in [-0.3, -0.25) is 4.79 Å². The molecule has 1 aliphatic rings. The first kappa shape index (κ1) is 12.5. The lowest BCUT2D eigenvalue weighted by Crippen LogP contribution is -2.30. The fourth-order valence-corrected chi connectivity index (χ4v) is 2.41. The van der Waals surface area contributed by atoms with Crippen molar-refractivity contribution in [1.29, 1.82) is 0 Å². The molecule has 3 nitrogen and oxygen atoms in total. The van der Waals surface area contributed by atoms with Gasteiger partial charge in [0, 0.05) is 0 Å². The van der Waals surface area contributed by atoms with Gasteiger partial charge in [-0.05, 0) is 24.7 Å². The van der Waals surface area contributed by atoms with Gasteiger partial charge in [-0.1, -0.05) is 26.2 Å². The molecule has 0 spiro atoms. The van der Waals surface area contributed by atoms with Gasteiger partial charge in [0.15, 0.2) is 0 Å². The molecular formula is C12H22O3. The van der Waals surface area contributed by atoms with Crippen molar-refractivity contribution in [3.63, 3.8) is 0 Å². The minimum Gasteiger partial charge on any atom is -0.469 e. The zero-order chi connectivity index (χ0) is 11.3. The van der Waals surface area contributed by atoms with Crippen LogP contribution in [-0.4, -0.2) is 24.3 Å². The summed E-state index contributed by atoms with van der Waals surface area (Å²) in [4.78, 5) is 11.1. The molecule has 0 aromatic heterocycles. The van der Waals surface area contributed by atoms with E-state index in [-0.39, 0.29) is 18.0 Å². The number of methoxy groups -OCH3 is 1. The number of aliphatic hydroxyl groups is 1. The van der Waals surface area contributed by atoms with Crippen LogP contribution in [0.1, 0.15) is 45.4 Å². The third-order valence-corrected chi connectivity index (χ3v) is 3.43. The highest BCUT2D eigenvalue weighted by Gasteiger charge is 2.27. The third kappa shape index (κ3) is 3.82. The number of hydrogen-bond donors (Lipinski definition) is 1. The summed E-state index contributed by atoms with van der Waals surface area (Å²) < 4.78 is 4.61. The van der Waals surface area contributed by atoms with Crippen molar-refractivity contribution in [1.82, 2.24) is 0 Å². The molecule has 0 radical (unpaired) electrons. The van der Waals surface area contributed by atoms with Gasteiger partial charge in [-0.15, -0.1) is 0 Å². The summed E-state index contributed by atoms with van der Waals surface area (Å²) in [7, 11) is 1.39. The average molecular weight is 214 g/mol. The van der Waals surface area contributed by atoms with E-state index < -0.39 is 0 Å². The van der Waals surface area contributed by atoms with Crippen molar-refractivity contribution >= 4 is 5.97 Å². The summed E-state index contributed by atoms with van der Waals surface area (Å²) in [5.74, 6) is 0.177. The highest BCUT2D eigenvalue weighted by Crippen LogP contribution is 2.30. The first-order chi connectivity index (χ1) is 7.15. The van der Waals surface area contributed by atoms with Crippen LogP contribution >= 0.6 is 0 Å². The number of ether oxygens (including phenoxy) is 1. The Hall–Kier alpha value is -0.570. The van der Waals surface area contributed by atoms with Gasteiger partial charge in [0.2, 0.25) is 0 Å². The minimum atomic E-state index is -0.343. The van der Waals surface area contributed by atoms with E-state index in [0.717, 1.165) is 12.8 Å². The second-order valence-corrected chi connectivity index (χ2v) is 4.65. The average Bonchev–Trinajstić information content (AvgIpc) is 2.29. The lowest BCUT2D eigenvalue weighted by molar-refractivity contribution is -0.143. The number of carbonyl (C=O) groups is 1. The summed E-state index contributed by atoms with van der Waals surface area (Å²) in [6, 6.07) is 0. The van der Waals surface area contributed by atoms with Crippen LogP contribution in [0.15, 0.2) is 0 Å². The topological polar surface area (TPSA) is 46.5 Å². The molecule has 2 atom stereocenters. The molecule has 1 saturated carbocycles. The Morgan fingerprint density at radius 1 is 1.40 bits per heavy atom. The molecule has 1 N–H and O–H groups in total. The Balaban J connectivity index is 2.36. The quantitative estimate of drug-likeness (QED) is 0.729. The number of carbonyl (C=O) groups excluding carboxylic acids is 1. The van der Waals surface area contributed by atoms with Crippen LogP contribution in [0.25, 0.3) is 0 Å². The van der Waals surface area contributed by atoms with Gasteiger partial charge >= 0.3 is 5.97 Å². The predicted molar refractivity (Wildman–Crippen MR) is 58.4 cm³/mol. The zero-order valence-electron chi connectivity index (χ0n) is 9.74. The van der Waals surface area contributed by atoms with E-state index >= 15 is 0 Å². The van der Waals surface area contributed by atoms with Crippen LogP contribution in [-0.2, 0) is 9.53 Å². The molecule has 1 rings (SSSR count). The standard InChI is InChI=1S/C12H22O3/c1-9(8-11(13)15-2)12(14)10-6-4-3-5-7-10/h9-10,12,14H,3-8H2,1-2H3. The van der Waals surface area contributed by atoms with Crippen molar-refractivity contribution in [3.8, 4) is 0 Å². The summed E-state index contributed by atoms with van der Waals surface area (Å²) in [5, 5.41) is 10.1. The SMILES string of the molecule is COC(=O)CC(C)C(O)C1CCCCC1. The molecule has 88 valence electrons. The van der Waals surface area contributed by atoms with Gasteiger partial charge in [-0.25, -0.2) is 0 Å². The van der Waals surface area contributed by atoms with E-state index in [0.29, 0.717) is 12.3 Å². The molecule has 0 aromatic carbocycles. The van der Waals surface area contributed by atoms with Crippen LogP contribution in [0, 0.1) is 11.8 Å². The van der Waals surface area contributed by atoms with E-state index in [1.807, 2.05) is 6.92 Å². The summed E-state index contributed by atoms with van der Waals surface area (Å²) in [5.41, 5.74) is 0.